The van der Waals surface area contributed by atoms with Gasteiger partial charge in [-0.05, 0) is 64.7 Å². The number of ether oxygens (including phenoxy) is 1. The summed E-state index contributed by atoms with van der Waals surface area (Å²) in [5.74, 6) is 4.56. The fraction of sp³-hybridized carbons (Fsp3) is 0.615. The largest absolute Gasteiger partial charge is 0.444 e. The minimum atomic E-state index is -0.934. The Labute approximate surface area is 232 Å². The van der Waals surface area contributed by atoms with Crippen molar-refractivity contribution in [2.75, 3.05) is 19.6 Å². The summed E-state index contributed by atoms with van der Waals surface area (Å²) in [6.45, 7) is 8.45. The molecule has 4 rings (SSSR count). The average Bonchev–Trinajstić information content (AvgIpc) is 3.60. The quantitative estimate of drug-likeness (QED) is 0.261. The number of nitriles is 1. The maximum Gasteiger partial charge on any atom is 0.408 e. The molecule has 1 aromatic carbocycles. The van der Waals surface area contributed by atoms with Crippen LogP contribution in [0.15, 0.2) is 29.2 Å². The van der Waals surface area contributed by atoms with Crippen molar-refractivity contribution < 1.29 is 28.4 Å². The third-order valence-corrected chi connectivity index (χ3v) is 7.97. The number of alkyl carbamates (subject to hydrolysis) is 1. The van der Waals surface area contributed by atoms with Gasteiger partial charge in [-0.1, -0.05) is 12.1 Å². The first kappa shape index (κ1) is 29.1. The van der Waals surface area contributed by atoms with Crippen molar-refractivity contribution in [3.05, 3.63) is 29.8 Å². The molecule has 39 heavy (non-hydrogen) atoms. The molecule has 13 heteroatoms. The molecule has 2 bridgehead atoms. The monoisotopic (exact) mass is 560 g/mol. The van der Waals surface area contributed by atoms with Crippen LogP contribution in [-0.2, 0) is 23.6 Å². The van der Waals surface area contributed by atoms with Crippen LogP contribution in [0.5, 0.6) is 0 Å². The summed E-state index contributed by atoms with van der Waals surface area (Å²) in [6, 6.07) is 7.79. The van der Waals surface area contributed by atoms with Crippen LogP contribution in [-0.4, -0.2) is 82.0 Å². The molecule has 0 aromatic heterocycles. The highest BCUT2D eigenvalue weighted by Crippen LogP contribution is 2.38. The van der Waals surface area contributed by atoms with E-state index in [2.05, 4.69) is 20.7 Å². The van der Waals surface area contributed by atoms with E-state index in [1.807, 2.05) is 41.0 Å². The number of rotatable bonds is 9. The zero-order valence-electron chi connectivity index (χ0n) is 22.7. The highest BCUT2D eigenvalue weighted by molar-refractivity contribution is 7.94. The Kier molecular flexibility index (Phi) is 9.03. The minimum Gasteiger partial charge on any atom is -0.444 e. The van der Waals surface area contributed by atoms with Gasteiger partial charge in [0.1, 0.15) is 17.7 Å². The lowest BCUT2D eigenvalue weighted by Crippen LogP contribution is -2.59. The normalized spacial score (nSPS) is 24.5. The van der Waals surface area contributed by atoms with Crippen molar-refractivity contribution in [2.24, 2.45) is 5.90 Å². The Hall–Kier alpha value is -2.89. The molecule has 3 aliphatic heterocycles. The molecule has 3 fully saturated rings. The maximum absolute atomic E-state index is 13.5. The molecule has 0 saturated carbocycles. The Balaban J connectivity index is 1.44. The summed E-state index contributed by atoms with van der Waals surface area (Å²) in [6.07, 6.45) is 1.28. The minimum absolute atomic E-state index is 0.00314. The van der Waals surface area contributed by atoms with Crippen LogP contribution in [0.1, 0.15) is 58.6 Å². The summed E-state index contributed by atoms with van der Waals surface area (Å²) >= 11 is 0.989. The topological polar surface area (TPSA) is 150 Å². The fourth-order valence-electron chi connectivity index (χ4n) is 5.65. The van der Waals surface area contributed by atoms with E-state index in [1.165, 1.54) is 4.90 Å². The number of nitrogens with two attached hydrogens (primary N) is 1. The second kappa shape index (κ2) is 12.1. The van der Waals surface area contributed by atoms with Gasteiger partial charge in [-0.25, -0.2) is 4.79 Å². The first-order valence-electron chi connectivity index (χ1n) is 13.1. The van der Waals surface area contributed by atoms with Gasteiger partial charge in [0.2, 0.25) is 11.8 Å². The molecule has 3 amide bonds. The first-order valence-corrected chi connectivity index (χ1v) is 13.8. The highest BCUT2D eigenvalue weighted by Gasteiger charge is 2.52. The van der Waals surface area contributed by atoms with Crippen molar-refractivity contribution in [1.29, 1.82) is 5.26 Å². The molecular formula is C26H36N6O6S. The van der Waals surface area contributed by atoms with Crippen molar-refractivity contribution >= 4 is 30.0 Å². The molecule has 3 saturated heterocycles. The van der Waals surface area contributed by atoms with E-state index in [1.54, 1.807) is 20.8 Å². The van der Waals surface area contributed by atoms with E-state index in [-0.39, 0.29) is 36.5 Å². The molecule has 12 nitrogen and oxygen atoms in total. The van der Waals surface area contributed by atoms with E-state index < -0.39 is 23.8 Å². The third kappa shape index (κ3) is 6.64. The predicted octanol–water partition coefficient (Wildman–Crippen LogP) is 2.27. The number of likely N-dealkylation sites (tertiary alicyclic amines) is 3. The van der Waals surface area contributed by atoms with Crippen molar-refractivity contribution in [3.8, 4) is 6.07 Å². The van der Waals surface area contributed by atoms with Crippen LogP contribution < -0.4 is 11.2 Å². The summed E-state index contributed by atoms with van der Waals surface area (Å²) in [5, 5.41) is 12.2. The summed E-state index contributed by atoms with van der Waals surface area (Å²) < 4.78 is 10.1. The van der Waals surface area contributed by atoms with Gasteiger partial charge in [0.05, 0.1) is 30.2 Å². The van der Waals surface area contributed by atoms with E-state index in [4.69, 9.17) is 10.6 Å². The standard InChI is InChI=1S/C26H36N6O6S/c1-16(17-7-9-20(10-8-17)39-38-37-28)32-19-12-22(24(32)34)30(14-19)15-21(29-25(35)36-26(2,3)4)23(33)31-11-5-6-18(31)13-27/h7-10,16,18-19,21-22H,5-6,11-12,14-15,28H2,1-4H3,(H,29,35)/t16-,18+,19+,21+,22+/m1/s1. The van der Waals surface area contributed by atoms with Gasteiger partial charge in [-0.2, -0.15) is 11.2 Å². The Morgan fingerprint density at radius 1 is 1.28 bits per heavy atom. The molecule has 212 valence electrons. The molecule has 0 aliphatic carbocycles. The molecule has 3 N–H and O–H groups in total. The molecule has 3 aliphatic rings. The first-order chi connectivity index (χ1) is 18.5. The fourth-order valence-corrected chi connectivity index (χ4v) is 6.02. The number of amides is 3. The van der Waals surface area contributed by atoms with Crippen molar-refractivity contribution in [1.82, 2.24) is 20.0 Å². The average molecular weight is 561 g/mol. The Bertz CT molecular complexity index is 1110. The molecule has 0 unspecified atom stereocenters. The molecule has 3 heterocycles. The second-order valence-electron chi connectivity index (χ2n) is 11.1. The highest BCUT2D eigenvalue weighted by atomic mass is 32.2. The molecule has 5 atom stereocenters. The van der Waals surface area contributed by atoms with Gasteiger partial charge in [0, 0.05) is 30.6 Å². The number of nitrogens with one attached hydrogen (secondary N) is 1. The van der Waals surface area contributed by atoms with E-state index in [0.717, 1.165) is 28.9 Å². The number of piperazine rings is 1. The second-order valence-corrected chi connectivity index (χ2v) is 11.9. The molecule has 0 spiro atoms. The van der Waals surface area contributed by atoms with Crippen molar-refractivity contribution in [3.63, 3.8) is 0 Å². The summed E-state index contributed by atoms with van der Waals surface area (Å²) in [4.78, 5) is 50.0. The smallest absolute Gasteiger partial charge is 0.408 e. The lowest BCUT2D eigenvalue weighted by atomic mass is 10.1. The van der Waals surface area contributed by atoms with Crippen LogP contribution in [0.4, 0.5) is 4.79 Å². The Morgan fingerprint density at radius 3 is 2.62 bits per heavy atom. The number of nitrogens with zero attached hydrogens (tertiary/aromatic N) is 4. The van der Waals surface area contributed by atoms with E-state index in [9.17, 15) is 19.6 Å². The van der Waals surface area contributed by atoms with Gasteiger partial charge in [0.15, 0.2) is 0 Å². The van der Waals surface area contributed by atoms with Gasteiger partial charge >= 0.3 is 6.09 Å². The molecule has 0 radical (unpaired) electrons. The van der Waals surface area contributed by atoms with Crippen LogP contribution >= 0.6 is 12.0 Å². The van der Waals surface area contributed by atoms with Crippen LogP contribution in [0, 0.1) is 11.3 Å². The van der Waals surface area contributed by atoms with E-state index >= 15 is 0 Å². The SMILES string of the molecule is C[C@H](c1ccc(SOON)cc1)N1C(=O)[C@@H]2C[C@H]1CN2C[C@H](NC(=O)OC(C)(C)C)C(=O)N1CCC[C@H]1C#N. The number of carbonyl (C=O) groups is 3. The van der Waals surface area contributed by atoms with Crippen LogP contribution in [0.25, 0.3) is 0 Å². The number of fused-ring (bicyclic) bond motifs is 2. The maximum atomic E-state index is 13.5. The Morgan fingerprint density at radius 2 is 2.00 bits per heavy atom. The summed E-state index contributed by atoms with van der Waals surface area (Å²) in [5.41, 5.74) is 0.249. The summed E-state index contributed by atoms with van der Waals surface area (Å²) in [7, 11) is 0. The van der Waals surface area contributed by atoms with E-state index in [0.29, 0.717) is 25.9 Å². The predicted molar refractivity (Wildman–Crippen MR) is 141 cm³/mol. The zero-order valence-corrected chi connectivity index (χ0v) is 23.5. The third-order valence-electron chi connectivity index (χ3n) is 7.35. The van der Waals surface area contributed by atoms with Crippen LogP contribution in [0.2, 0.25) is 0 Å². The number of hydrogen-bond donors (Lipinski definition) is 2. The van der Waals surface area contributed by atoms with Crippen molar-refractivity contribution in [2.45, 2.75) is 87.7 Å². The number of benzene rings is 1. The van der Waals surface area contributed by atoms with Gasteiger partial charge < -0.3 is 19.9 Å². The lowest BCUT2D eigenvalue weighted by molar-refractivity contribution is -0.195. The molecular weight excluding hydrogens is 524 g/mol. The van der Waals surface area contributed by atoms with Crippen LogP contribution in [0.3, 0.4) is 0 Å². The van der Waals surface area contributed by atoms with Gasteiger partial charge in [0.25, 0.3) is 0 Å². The number of hydrogen-bond acceptors (Lipinski definition) is 10. The van der Waals surface area contributed by atoms with Gasteiger partial charge in [-0.15, -0.1) is 9.32 Å². The zero-order chi connectivity index (χ0) is 28.3. The van der Waals surface area contributed by atoms with Gasteiger partial charge in [-0.3, -0.25) is 14.5 Å². The number of carbonyl (C=O) groups excluding carboxylic acids is 3. The lowest BCUT2D eigenvalue weighted by Gasteiger charge is -2.39. The molecule has 1 aromatic rings.